The van der Waals surface area contributed by atoms with Gasteiger partial charge in [0.25, 0.3) is 0 Å². The molecule has 0 radical (unpaired) electrons. The maximum atomic E-state index is 9.79. The van der Waals surface area contributed by atoms with E-state index in [-0.39, 0.29) is 12.1 Å². The summed E-state index contributed by atoms with van der Waals surface area (Å²) in [4.78, 5) is 0. The SMILES string of the molecule is CCC(C(C)O)C(C)(O)CC.N. The van der Waals surface area contributed by atoms with Gasteiger partial charge in [-0.25, -0.2) is 0 Å². The molecule has 0 saturated heterocycles. The molecular weight excluding hydrogens is 154 g/mol. The van der Waals surface area contributed by atoms with Crippen LogP contribution in [0.15, 0.2) is 0 Å². The minimum atomic E-state index is -0.719. The van der Waals surface area contributed by atoms with E-state index in [0.717, 1.165) is 6.42 Å². The number of aliphatic hydroxyl groups excluding tert-OH is 1. The monoisotopic (exact) mass is 177 g/mol. The van der Waals surface area contributed by atoms with Gasteiger partial charge in [-0.1, -0.05) is 13.8 Å². The zero-order chi connectivity index (χ0) is 9.07. The molecule has 0 aromatic carbocycles. The second kappa shape index (κ2) is 5.51. The van der Waals surface area contributed by atoms with Crippen LogP contribution < -0.4 is 6.15 Å². The van der Waals surface area contributed by atoms with E-state index in [1.165, 1.54) is 0 Å². The lowest BCUT2D eigenvalue weighted by Gasteiger charge is -2.33. The van der Waals surface area contributed by atoms with Gasteiger partial charge in [0.2, 0.25) is 0 Å². The molecule has 0 saturated carbocycles. The van der Waals surface area contributed by atoms with Crippen LogP contribution in [0.1, 0.15) is 40.5 Å². The summed E-state index contributed by atoms with van der Waals surface area (Å²) in [5, 5.41) is 19.1. The summed E-state index contributed by atoms with van der Waals surface area (Å²) in [6.07, 6.45) is 1.09. The largest absolute Gasteiger partial charge is 0.393 e. The van der Waals surface area contributed by atoms with Crippen LogP contribution in [0.25, 0.3) is 0 Å². The zero-order valence-electron chi connectivity index (χ0n) is 8.67. The van der Waals surface area contributed by atoms with E-state index in [0.29, 0.717) is 6.42 Å². The Morgan fingerprint density at radius 2 is 1.75 bits per heavy atom. The molecule has 0 aliphatic heterocycles. The molecule has 3 atom stereocenters. The second-order valence-corrected chi connectivity index (χ2v) is 3.47. The van der Waals surface area contributed by atoms with Crippen molar-refractivity contribution in [2.24, 2.45) is 5.92 Å². The molecule has 0 rings (SSSR count). The Morgan fingerprint density at radius 1 is 1.33 bits per heavy atom. The Bertz CT molecular complexity index is 113. The fraction of sp³-hybridized carbons (Fsp3) is 1.00. The molecule has 0 amide bonds. The molecule has 0 aliphatic rings. The highest BCUT2D eigenvalue weighted by Crippen LogP contribution is 2.26. The minimum Gasteiger partial charge on any atom is -0.393 e. The maximum Gasteiger partial charge on any atom is 0.0669 e. The first-order valence-electron chi connectivity index (χ1n) is 4.36. The van der Waals surface area contributed by atoms with E-state index < -0.39 is 11.7 Å². The first kappa shape index (κ1) is 14.4. The molecule has 0 aromatic rings. The predicted molar refractivity (Wildman–Crippen MR) is 51.4 cm³/mol. The van der Waals surface area contributed by atoms with E-state index in [1.807, 2.05) is 13.8 Å². The van der Waals surface area contributed by atoms with Crippen LogP contribution in [0.3, 0.4) is 0 Å². The van der Waals surface area contributed by atoms with Crippen molar-refractivity contribution in [3.05, 3.63) is 0 Å². The fourth-order valence-corrected chi connectivity index (χ4v) is 1.56. The topological polar surface area (TPSA) is 75.5 Å². The van der Waals surface area contributed by atoms with Crippen LogP contribution in [0.4, 0.5) is 0 Å². The summed E-state index contributed by atoms with van der Waals surface area (Å²) in [5.74, 6) is -0.00694. The first-order chi connectivity index (χ1) is 4.95. The summed E-state index contributed by atoms with van der Waals surface area (Å²) in [6, 6.07) is 0. The molecule has 3 nitrogen and oxygen atoms in total. The van der Waals surface area contributed by atoms with Gasteiger partial charge in [0.15, 0.2) is 0 Å². The summed E-state index contributed by atoms with van der Waals surface area (Å²) >= 11 is 0. The van der Waals surface area contributed by atoms with Crippen molar-refractivity contribution in [2.45, 2.75) is 52.2 Å². The third-order valence-electron chi connectivity index (χ3n) is 2.54. The van der Waals surface area contributed by atoms with Gasteiger partial charge in [-0.15, -0.1) is 0 Å². The summed E-state index contributed by atoms with van der Waals surface area (Å²) in [6.45, 7) is 7.44. The number of rotatable bonds is 4. The number of hydrogen-bond donors (Lipinski definition) is 3. The molecule has 0 heterocycles. The van der Waals surface area contributed by atoms with Gasteiger partial charge >= 0.3 is 0 Å². The lowest BCUT2D eigenvalue weighted by Crippen LogP contribution is -2.39. The highest BCUT2D eigenvalue weighted by molar-refractivity contribution is 4.82. The minimum absolute atomic E-state index is 0. The van der Waals surface area contributed by atoms with Crippen LogP contribution in [0, 0.1) is 5.92 Å². The molecule has 3 heteroatoms. The van der Waals surface area contributed by atoms with Gasteiger partial charge in [0.1, 0.15) is 0 Å². The highest BCUT2D eigenvalue weighted by atomic mass is 16.3. The molecule has 0 bridgehead atoms. The molecule has 0 spiro atoms. The van der Waals surface area contributed by atoms with E-state index in [1.54, 1.807) is 13.8 Å². The molecule has 76 valence electrons. The van der Waals surface area contributed by atoms with Crippen LogP contribution in [-0.2, 0) is 0 Å². The Hall–Kier alpha value is -0.120. The highest BCUT2D eigenvalue weighted by Gasteiger charge is 2.31. The van der Waals surface area contributed by atoms with Crippen molar-refractivity contribution in [3.8, 4) is 0 Å². The summed E-state index contributed by atoms with van der Waals surface area (Å²) in [5.41, 5.74) is -0.719. The quantitative estimate of drug-likeness (QED) is 0.612. The second-order valence-electron chi connectivity index (χ2n) is 3.47. The van der Waals surface area contributed by atoms with Gasteiger partial charge in [-0.05, 0) is 26.7 Å². The third-order valence-corrected chi connectivity index (χ3v) is 2.54. The summed E-state index contributed by atoms with van der Waals surface area (Å²) < 4.78 is 0. The van der Waals surface area contributed by atoms with Gasteiger partial charge < -0.3 is 16.4 Å². The molecule has 0 aromatic heterocycles. The normalized spacial score (nSPS) is 20.5. The van der Waals surface area contributed by atoms with Crippen molar-refractivity contribution < 1.29 is 10.2 Å². The van der Waals surface area contributed by atoms with E-state index >= 15 is 0 Å². The lowest BCUT2D eigenvalue weighted by molar-refractivity contribution is -0.0571. The van der Waals surface area contributed by atoms with E-state index in [4.69, 9.17) is 0 Å². The first-order valence-corrected chi connectivity index (χ1v) is 4.36. The van der Waals surface area contributed by atoms with Crippen molar-refractivity contribution in [2.75, 3.05) is 0 Å². The Labute approximate surface area is 75.4 Å². The average Bonchev–Trinajstić information content (AvgIpc) is 1.88. The van der Waals surface area contributed by atoms with Crippen molar-refractivity contribution in [1.82, 2.24) is 6.15 Å². The molecule has 0 fully saturated rings. The smallest absolute Gasteiger partial charge is 0.0669 e. The van der Waals surface area contributed by atoms with Crippen molar-refractivity contribution in [1.29, 1.82) is 0 Å². The van der Waals surface area contributed by atoms with Gasteiger partial charge in [-0.2, -0.15) is 0 Å². The maximum absolute atomic E-state index is 9.79. The standard InChI is InChI=1S/C9H20O2.H3N/c1-5-8(7(3)10)9(4,11)6-2;/h7-8,10-11H,5-6H2,1-4H3;1H3. The Balaban J connectivity index is 0. The van der Waals surface area contributed by atoms with Crippen LogP contribution in [-0.4, -0.2) is 21.9 Å². The third kappa shape index (κ3) is 3.52. The zero-order valence-corrected chi connectivity index (χ0v) is 8.67. The number of aliphatic hydroxyl groups is 2. The average molecular weight is 177 g/mol. The molecule has 0 aliphatic carbocycles. The van der Waals surface area contributed by atoms with Gasteiger partial charge in [0, 0.05) is 5.92 Å². The molecule has 12 heavy (non-hydrogen) atoms. The van der Waals surface area contributed by atoms with Gasteiger partial charge in [-0.3, -0.25) is 0 Å². The fourth-order valence-electron chi connectivity index (χ4n) is 1.56. The summed E-state index contributed by atoms with van der Waals surface area (Å²) in [7, 11) is 0. The molecular formula is C9H23NO2. The van der Waals surface area contributed by atoms with Crippen LogP contribution in [0.2, 0.25) is 0 Å². The van der Waals surface area contributed by atoms with E-state index in [9.17, 15) is 10.2 Å². The van der Waals surface area contributed by atoms with Gasteiger partial charge in [0.05, 0.1) is 11.7 Å². The Kier molecular flexibility index (Phi) is 6.62. The number of hydrogen-bond acceptors (Lipinski definition) is 3. The predicted octanol–water partition coefficient (Wildman–Crippen LogP) is 1.72. The van der Waals surface area contributed by atoms with Crippen molar-refractivity contribution >= 4 is 0 Å². The van der Waals surface area contributed by atoms with Crippen molar-refractivity contribution in [3.63, 3.8) is 0 Å². The molecule has 3 unspecified atom stereocenters. The van der Waals surface area contributed by atoms with Crippen LogP contribution in [0.5, 0.6) is 0 Å². The Morgan fingerprint density at radius 3 is 1.83 bits per heavy atom. The lowest BCUT2D eigenvalue weighted by atomic mass is 9.81. The van der Waals surface area contributed by atoms with E-state index in [2.05, 4.69) is 0 Å². The molecule has 5 N–H and O–H groups in total. The van der Waals surface area contributed by atoms with Crippen LogP contribution >= 0.6 is 0 Å².